The predicted octanol–water partition coefficient (Wildman–Crippen LogP) is 4.71. The van der Waals surface area contributed by atoms with Gasteiger partial charge in [0.25, 0.3) is 0 Å². The van der Waals surface area contributed by atoms with E-state index in [1.807, 2.05) is 6.07 Å². The fourth-order valence-corrected chi connectivity index (χ4v) is 4.63. The van der Waals surface area contributed by atoms with E-state index in [0.717, 1.165) is 49.0 Å². The molecule has 1 aromatic rings. The minimum atomic E-state index is -0.268. The summed E-state index contributed by atoms with van der Waals surface area (Å²) in [6.45, 7) is 8.67. The molecule has 3 heteroatoms. The summed E-state index contributed by atoms with van der Waals surface area (Å²) >= 11 is 0. The van der Waals surface area contributed by atoms with E-state index in [4.69, 9.17) is 4.74 Å². The van der Waals surface area contributed by atoms with Gasteiger partial charge in [-0.15, -0.1) is 0 Å². The molecule has 3 nitrogen and oxygen atoms in total. The van der Waals surface area contributed by atoms with E-state index < -0.39 is 0 Å². The van der Waals surface area contributed by atoms with Crippen molar-refractivity contribution in [2.75, 3.05) is 0 Å². The van der Waals surface area contributed by atoms with Crippen LogP contribution in [0.25, 0.3) is 0 Å². The Kier molecular flexibility index (Phi) is 4.35. The Morgan fingerprint density at radius 3 is 2.74 bits per heavy atom. The minimum Gasteiger partial charge on any atom is -0.508 e. The van der Waals surface area contributed by atoms with Crippen molar-refractivity contribution in [2.45, 2.75) is 83.3 Å². The van der Waals surface area contributed by atoms with Gasteiger partial charge in [-0.05, 0) is 63.1 Å². The van der Waals surface area contributed by atoms with Crippen LogP contribution in [0.2, 0.25) is 0 Å². The number of hydrogen-bond acceptors (Lipinski definition) is 3. The Hall–Kier alpha value is -1.22. The number of rotatable bonds is 3. The highest BCUT2D eigenvalue weighted by Crippen LogP contribution is 2.54. The first kappa shape index (κ1) is 16.6. The zero-order valence-corrected chi connectivity index (χ0v) is 14.8. The number of ether oxygens (including phenoxy) is 1. The van der Waals surface area contributed by atoms with Gasteiger partial charge in [-0.1, -0.05) is 20.3 Å². The van der Waals surface area contributed by atoms with Gasteiger partial charge in [-0.3, -0.25) is 0 Å². The van der Waals surface area contributed by atoms with Crippen LogP contribution in [-0.2, 0) is 0 Å². The molecule has 4 atom stereocenters. The molecule has 3 rings (SSSR count). The van der Waals surface area contributed by atoms with Crippen LogP contribution in [-0.4, -0.2) is 21.9 Å². The number of aliphatic hydroxyl groups excluding tert-OH is 1. The molecule has 2 N–H and O–H groups in total. The molecule has 2 aliphatic rings. The molecule has 0 radical (unpaired) electrons. The van der Waals surface area contributed by atoms with Crippen molar-refractivity contribution in [3.63, 3.8) is 0 Å². The third-order valence-electron chi connectivity index (χ3n) is 5.89. The van der Waals surface area contributed by atoms with E-state index in [1.54, 1.807) is 0 Å². The van der Waals surface area contributed by atoms with Crippen molar-refractivity contribution in [2.24, 2.45) is 5.92 Å². The first-order valence-corrected chi connectivity index (χ1v) is 9.07. The molecule has 1 aliphatic carbocycles. The van der Waals surface area contributed by atoms with Crippen molar-refractivity contribution in [1.82, 2.24) is 0 Å². The molecule has 0 amide bonds. The molecule has 128 valence electrons. The minimum absolute atomic E-state index is 0.188. The Labute approximate surface area is 139 Å². The van der Waals surface area contributed by atoms with Crippen LogP contribution in [0.5, 0.6) is 11.5 Å². The molecule has 1 heterocycles. The van der Waals surface area contributed by atoms with Gasteiger partial charge < -0.3 is 14.9 Å². The average Bonchev–Trinajstić information content (AvgIpc) is 2.45. The largest absolute Gasteiger partial charge is 0.508 e. The summed E-state index contributed by atoms with van der Waals surface area (Å²) in [4.78, 5) is 0. The summed E-state index contributed by atoms with van der Waals surface area (Å²) in [5.74, 6) is 2.12. The first-order valence-electron chi connectivity index (χ1n) is 9.07. The number of aliphatic hydroxyl groups is 1. The summed E-state index contributed by atoms with van der Waals surface area (Å²) in [5.41, 5.74) is 1.81. The Morgan fingerprint density at radius 2 is 2.04 bits per heavy atom. The smallest absolute Gasteiger partial charge is 0.127 e. The molecule has 4 unspecified atom stereocenters. The molecule has 0 aromatic heterocycles. The molecule has 1 aliphatic heterocycles. The Balaban J connectivity index is 2.04. The fraction of sp³-hybridized carbons (Fsp3) is 0.700. The van der Waals surface area contributed by atoms with Crippen molar-refractivity contribution in [3.8, 4) is 11.5 Å². The van der Waals surface area contributed by atoms with Gasteiger partial charge in [0.2, 0.25) is 0 Å². The number of aromatic hydroxyl groups is 1. The van der Waals surface area contributed by atoms with Gasteiger partial charge in [0, 0.05) is 17.4 Å². The van der Waals surface area contributed by atoms with E-state index in [-0.39, 0.29) is 17.6 Å². The van der Waals surface area contributed by atoms with Gasteiger partial charge in [-0.25, -0.2) is 0 Å². The number of phenolic OH excluding ortho intramolecular Hbond substituents is 1. The van der Waals surface area contributed by atoms with Gasteiger partial charge in [0.15, 0.2) is 0 Å². The van der Waals surface area contributed by atoms with Crippen LogP contribution >= 0.6 is 0 Å². The van der Waals surface area contributed by atoms with Crippen molar-refractivity contribution in [3.05, 3.63) is 23.3 Å². The molecule has 1 fully saturated rings. The lowest BCUT2D eigenvalue weighted by molar-refractivity contribution is -0.0317. The monoisotopic (exact) mass is 318 g/mol. The van der Waals surface area contributed by atoms with Crippen LogP contribution in [0, 0.1) is 5.92 Å². The quantitative estimate of drug-likeness (QED) is 0.848. The van der Waals surface area contributed by atoms with E-state index >= 15 is 0 Å². The maximum Gasteiger partial charge on any atom is 0.127 e. The lowest BCUT2D eigenvalue weighted by Crippen LogP contribution is -2.47. The third-order valence-corrected chi connectivity index (χ3v) is 5.89. The molecule has 23 heavy (non-hydrogen) atoms. The number of hydrogen-bond donors (Lipinski definition) is 2. The van der Waals surface area contributed by atoms with Crippen LogP contribution in [0.3, 0.4) is 0 Å². The van der Waals surface area contributed by atoms with Crippen LogP contribution in [0.4, 0.5) is 0 Å². The van der Waals surface area contributed by atoms with Crippen molar-refractivity contribution < 1.29 is 14.9 Å². The topological polar surface area (TPSA) is 49.7 Å². The Morgan fingerprint density at radius 1 is 1.30 bits per heavy atom. The van der Waals surface area contributed by atoms with E-state index in [9.17, 15) is 10.2 Å². The summed E-state index contributed by atoms with van der Waals surface area (Å²) in [6.07, 6.45) is 4.47. The second kappa shape index (κ2) is 6.01. The highest BCUT2D eigenvalue weighted by molar-refractivity contribution is 5.52. The van der Waals surface area contributed by atoms with Gasteiger partial charge in [-0.2, -0.15) is 0 Å². The van der Waals surface area contributed by atoms with Gasteiger partial charge in [0.1, 0.15) is 17.1 Å². The second-order valence-electron chi connectivity index (χ2n) is 8.03. The molecule has 1 saturated carbocycles. The standard InChI is InChI=1S/C20H30O3/c1-5-6-12(2)13-9-17(22)19-15-11-14(21)7-8-16(15)20(3,4)23-18(19)10-13/h9-10,12,14-16,21-22H,5-8,11H2,1-4H3. The fourth-order valence-electron chi connectivity index (χ4n) is 4.63. The first-order chi connectivity index (χ1) is 10.8. The lowest BCUT2D eigenvalue weighted by Gasteiger charge is -2.48. The van der Waals surface area contributed by atoms with Crippen molar-refractivity contribution >= 4 is 0 Å². The molecule has 0 bridgehead atoms. The maximum absolute atomic E-state index is 10.7. The Bertz CT molecular complexity index is 578. The van der Waals surface area contributed by atoms with Crippen LogP contribution < -0.4 is 4.74 Å². The average molecular weight is 318 g/mol. The maximum atomic E-state index is 10.7. The summed E-state index contributed by atoms with van der Waals surface area (Å²) in [6, 6.07) is 4.03. The third kappa shape index (κ3) is 2.96. The van der Waals surface area contributed by atoms with Gasteiger partial charge in [0.05, 0.1) is 6.10 Å². The summed E-state index contributed by atoms with van der Waals surface area (Å²) in [5, 5.41) is 20.8. The molecule has 1 aromatic carbocycles. The lowest BCUT2D eigenvalue weighted by atomic mass is 9.65. The summed E-state index contributed by atoms with van der Waals surface area (Å²) in [7, 11) is 0. The number of phenols is 1. The van der Waals surface area contributed by atoms with Crippen LogP contribution in [0.15, 0.2) is 12.1 Å². The van der Waals surface area contributed by atoms with E-state index in [0.29, 0.717) is 17.6 Å². The highest BCUT2D eigenvalue weighted by Gasteiger charge is 2.47. The van der Waals surface area contributed by atoms with Crippen LogP contribution in [0.1, 0.15) is 82.8 Å². The SMILES string of the molecule is CCCC(C)c1cc(O)c2c(c1)OC(C)(C)C1CCC(O)CC21. The van der Waals surface area contributed by atoms with E-state index in [2.05, 4.69) is 33.8 Å². The molecule has 0 spiro atoms. The predicted molar refractivity (Wildman–Crippen MR) is 92.2 cm³/mol. The zero-order chi connectivity index (χ0) is 16.8. The van der Waals surface area contributed by atoms with Gasteiger partial charge >= 0.3 is 0 Å². The number of benzene rings is 1. The van der Waals surface area contributed by atoms with Crippen molar-refractivity contribution in [1.29, 1.82) is 0 Å². The molecular weight excluding hydrogens is 288 g/mol. The normalized spacial score (nSPS) is 30.0. The second-order valence-corrected chi connectivity index (χ2v) is 8.03. The zero-order valence-electron chi connectivity index (χ0n) is 14.8. The van der Waals surface area contributed by atoms with E-state index in [1.165, 1.54) is 0 Å². The number of fused-ring (bicyclic) bond motifs is 3. The molecule has 0 saturated heterocycles. The highest BCUT2D eigenvalue weighted by atomic mass is 16.5. The summed E-state index contributed by atoms with van der Waals surface area (Å²) < 4.78 is 6.33. The molecular formula is C20H30O3.